The lowest BCUT2D eigenvalue weighted by atomic mass is 9.98. The summed E-state index contributed by atoms with van der Waals surface area (Å²) in [6.07, 6.45) is 2.04. The predicted octanol–water partition coefficient (Wildman–Crippen LogP) is 6.69. The highest BCUT2D eigenvalue weighted by atomic mass is 19.4. The van der Waals surface area contributed by atoms with Crippen LogP contribution in [0, 0.1) is 0 Å². The van der Waals surface area contributed by atoms with Crippen molar-refractivity contribution in [3.8, 4) is 5.75 Å². The molecule has 3 aromatic rings. The summed E-state index contributed by atoms with van der Waals surface area (Å²) in [5, 5.41) is 5.68. The topological polar surface area (TPSA) is 59.1 Å². The van der Waals surface area contributed by atoms with Crippen molar-refractivity contribution in [1.82, 2.24) is 9.97 Å². The molecule has 0 atom stereocenters. The van der Waals surface area contributed by atoms with Crippen LogP contribution in [0.1, 0.15) is 37.7 Å². The van der Waals surface area contributed by atoms with Crippen LogP contribution >= 0.6 is 0 Å². The number of nitrogens with one attached hydrogen (secondary N) is 2. The van der Waals surface area contributed by atoms with Crippen LogP contribution in [0.5, 0.6) is 5.75 Å². The molecule has 5 nitrogen and oxygen atoms in total. The van der Waals surface area contributed by atoms with Crippen molar-refractivity contribution in [3.63, 3.8) is 0 Å². The number of para-hydroxylation sites is 1. The summed E-state index contributed by atoms with van der Waals surface area (Å²) in [4.78, 5) is 7.88. The van der Waals surface area contributed by atoms with E-state index in [1.54, 1.807) is 36.4 Å². The fourth-order valence-corrected chi connectivity index (χ4v) is 3.52. The summed E-state index contributed by atoms with van der Waals surface area (Å²) in [5.41, 5.74) is 0.219. The summed E-state index contributed by atoms with van der Waals surface area (Å²) in [5.74, 6) is 0.462. The van der Waals surface area contributed by atoms with Crippen molar-refractivity contribution in [1.29, 1.82) is 0 Å². The monoisotopic (exact) mass is 428 g/mol. The predicted molar refractivity (Wildman–Crippen MR) is 114 cm³/mol. The number of aromatic nitrogens is 2. The largest absolute Gasteiger partial charge is 0.490 e. The van der Waals surface area contributed by atoms with Crippen molar-refractivity contribution in [3.05, 3.63) is 66.4 Å². The zero-order valence-corrected chi connectivity index (χ0v) is 16.8. The molecule has 1 aliphatic carbocycles. The highest BCUT2D eigenvalue weighted by molar-refractivity contribution is 5.63. The molecule has 1 aliphatic rings. The van der Waals surface area contributed by atoms with Gasteiger partial charge in [0.2, 0.25) is 5.95 Å². The maximum atomic E-state index is 13.5. The average molecular weight is 428 g/mol. The average Bonchev–Trinajstić information content (AvgIpc) is 2.76. The Balaban J connectivity index is 1.52. The fraction of sp³-hybridized carbons (Fsp3) is 0.304. The Bertz CT molecular complexity index is 988. The van der Waals surface area contributed by atoms with E-state index in [-0.39, 0.29) is 17.9 Å². The molecule has 0 spiro atoms. The van der Waals surface area contributed by atoms with Gasteiger partial charge >= 0.3 is 6.18 Å². The van der Waals surface area contributed by atoms with E-state index in [0.717, 1.165) is 31.9 Å². The van der Waals surface area contributed by atoms with Gasteiger partial charge in [-0.2, -0.15) is 18.2 Å². The number of nitrogens with zero attached hydrogens (tertiary/aromatic N) is 2. The molecule has 0 radical (unpaired) electrons. The first kappa shape index (κ1) is 21.0. The van der Waals surface area contributed by atoms with Crippen LogP contribution in [0.15, 0.2) is 60.8 Å². The molecule has 0 saturated heterocycles. The molecule has 31 heavy (non-hydrogen) atoms. The van der Waals surface area contributed by atoms with Gasteiger partial charge in [0, 0.05) is 17.6 Å². The number of hydrogen-bond donors (Lipinski definition) is 2. The Kier molecular flexibility index (Phi) is 6.25. The van der Waals surface area contributed by atoms with Gasteiger partial charge in [0.25, 0.3) is 0 Å². The molecule has 2 aromatic carbocycles. The lowest BCUT2D eigenvalue weighted by Gasteiger charge is -2.23. The summed E-state index contributed by atoms with van der Waals surface area (Å²) in [7, 11) is 0. The minimum atomic E-state index is -4.59. The molecule has 162 valence electrons. The number of benzene rings is 2. The number of ether oxygens (including phenoxy) is 1. The molecule has 0 aliphatic heterocycles. The van der Waals surface area contributed by atoms with Crippen molar-refractivity contribution < 1.29 is 17.9 Å². The van der Waals surface area contributed by atoms with E-state index in [1.807, 2.05) is 18.2 Å². The molecule has 0 bridgehead atoms. The number of rotatable bonds is 6. The number of anilines is 4. The zero-order valence-electron chi connectivity index (χ0n) is 16.8. The molecule has 1 aromatic heterocycles. The molecule has 0 amide bonds. The van der Waals surface area contributed by atoms with Crippen LogP contribution in [0.4, 0.5) is 36.3 Å². The van der Waals surface area contributed by atoms with Gasteiger partial charge in [-0.3, -0.25) is 0 Å². The SMILES string of the molecule is FC(F)(F)c1cnc(Nc2ccccc2)nc1Nc1ccc(OC2CCCCC2)cc1. The minimum absolute atomic E-state index is 0.0685. The molecule has 1 fully saturated rings. The van der Waals surface area contributed by atoms with Crippen molar-refractivity contribution in [2.45, 2.75) is 44.4 Å². The molecule has 8 heteroatoms. The third-order valence-corrected chi connectivity index (χ3v) is 5.10. The van der Waals surface area contributed by atoms with E-state index < -0.39 is 11.7 Å². The Morgan fingerprint density at radius 3 is 2.19 bits per heavy atom. The third kappa shape index (κ3) is 5.65. The Labute approximate surface area is 178 Å². The highest BCUT2D eigenvalue weighted by Crippen LogP contribution is 2.35. The van der Waals surface area contributed by atoms with E-state index in [2.05, 4.69) is 20.6 Å². The maximum Gasteiger partial charge on any atom is 0.421 e. The van der Waals surface area contributed by atoms with Gasteiger partial charge in [0.15, 0.2) is 0 Å². The second-order valence-corrected chi connectivity index (χ2v) is 7.47. The molecular formula is C23H23F3N4O. The van der Waals surface area contributed by atoms with Crippen LogP contribution in [0.2, 0.25) is 0 Å². The molecular weight excluding hydrogens is 405 g/mol. The second-order valence-electron chi connectivity index (χ2n) is 7.47. The smallest absolute Gasteiger partial charge is 0.421 e. The standard InChI is InChI=1S/C23H23F3N4O/c24-23(25,26)20-15-27-22(29-16-7-3-1-4-8-16)30-21(20)28-17-11-13-19(14-12-17)31-18-9-5-2-6-10-18/h1,3-4,7-8,11-15,18H,2,5-6,9-10H2,(H2,27,28,29,30). The Morgan fingerprint density at radius 1 is 0.839 bits per heavy atom. The van der Waals surface area contributed by atoms with Crippen LogP contribution < -0.4 is 15.4 Å². The van der Waals surface area contributed by atoms with Crippen LogP contribution in [-0.4, -0.2) is 16.1 Å². The first-order chi connectivity index (χ1) is 15.0. The number of hydrogen-bond acceptors (Lipinski definition) is 5. The quantitative estimate of drug-likeness (QED) is 0.458. The molecule has 1 heterocycles. The normalized spacial score (nSPS) is 14.8. The van der Waals surface area contributed by atoms with Crippen LogP contribution in [0.25, 0.3) is 0 Å². The lowest BCUT2D eigenvalue weighted by Crippen LogP contribution is -2.19. The van der Waals surface area contributed by atoms with Gasteiger partial charge in [-0.1, -0.05) is 24.6 Å². The highest BCUT2D eigenvalue weighted by Gasteiger charge is 2.35. The van der Waals surface area contributed by atoms with Crippen molar-refractivity contribution in [2.75, 3.05) is 10.6 Å². The van der Waals surface area contributed by atoms with Crippen molar-refractivity contribution >= 4 is 23.1 Å². The Hall–Kier alpha value is -3.29. The third-order valence-electron chi connectivity index (χ3n) is 5.10. The van der Waals surface area contributed by atoms with E-state index in [4.69, 9.17) is 4.74 Å². The zero-order chi connectivity index (χ0) is 21.7. The van der Waals surface area contributed by atoms with Crippen molar-refractivity contribution in [2.24, 2.45) is 0 Å². The molecule has 4 rings (SSSR count). The van der Waals surface area contributed by atoms with Gasteiger partial charge < -0.3 is 15.4 Å². The van der Waals surface area contributed by atoms with Crippen LogP contribution in [-0.2, 0) is 6.18 Å². The first-order valence-corrected chi connectivity index (χ1v) is 10.3. The van der Waals surface area contributed by atoms with E-state index in [0.29, 0.717) is 17.1 Å². The minimum Gasteiger partial charge on any atom is -0.490 e. The maximum absolute atomic E-state index is 13.5. The fourth-order valence-electron chi connectivity index (χ4n) is 3.52. The van der Waals surface area contributed by atoms with Crippen LogP contribution in [0.3, 0.4) is 0 Å². The molecule has 0 unspecified atom stereocenters. The number of alkyl halides is 3. The van der Waals surface area contributed by atoms with E-state index in [1.165, 1.54) is 6.42 Å². The van der Waals surface area contributed by atoms with Gasteiger partial charge in [0.05, 0.1) is 6.10 Å². The van der Waals surface area contributed by atoms with Gasteiger partial charge in [-0.05, 0) is 62.1 Å². The van der Waals surface area contributed by atoms with Gasteiger partial charge in [0.1, 0.15) is 17.1 Å². The van der Waals surface area contributed by atoms with E-state index >= 15 is 0 Å². The summed E-state index contributed by atoms with van der Waals surface area (Å²) in [6, 6.07) is 15.9. The summed E-state index contributed by atoms with van der Waals surface area (Å²) < 4.78 is 46.4. The molecule has 2 N–H and O–H groups in total. The lowest BCUT2D eigenvalue weighted by molar-refractivity contribution is -0.137. The Morgan fingerprint density at radius 2 is 1.52 bits per heavy atom. The summed E-state index contributed by atoms with van der Waals surface area (Å²) in [6.45, 7) is 0. The van der Waals surface area contributed by atoms with Gasteiger partial charge in [-0.25, -0.2) is 4.98 Å². The second kappa shape index (κ2) is 9.24. The van der Waals surface area contributed by atoms with Gasteiger partial charge in [-0.15, -0.1) is 0 Å². The number of halogens is 3. The summed E-state index contributed by atoms with van der Waals surface area (Å²) >= 11 is 0. The van der Waals surface area contributed by atoms with E-state index in [9.17, 15) is 13.2 Å². The first-order valence-electron chi connectivity index (χ1n) is 10.3. The molecule has 1 saturated carbocycles.